The summed E-state index contributed by atoms with van der Waals surface area (Å²) in [5.41, 5.74) is 5.64. The first-order valence-corrected chi connectivity index (χ1v) is 4.70. The van der Waals surface area contributed by atoms with Gasteiger partial charge in [0.25, 0.3) is 0 Å². The average Bonchev–Trinajstić information content (AvgIpc) is 2.33. The molecule has 0 aromatic carbocycles. The molecule has 0 atom stereocenters. The molecule has 1 heterocycles. The molecule has 0 unspecified atom stereocenters. The molecule has 0 aliphatic rings. The largest absolute Gasteiger partial charge is 0.325 e. The van der Waals surface area contributed by atoms with Crippen molar-refractivity contribution >= 4 is 0 Å². The van der Waals surface area contributed by atoms with Gasteiger partial charge in [-0.1, -0.05) is 6.92 Å². The predicted octanol–water partition coefficient (Wildman–Crippen LogP) is 1.04. The van der Waals surface area contributed by atoms with Gasteiger partial charge in [0.15, 0.2) is 5.82 Å². The summed E-state index contributed by atoms with van der Waals surface area (Å²) in [4.78, 5) is 4.34. The molecule has 0 aliphatic heterocycles. The van der Waals surface area contributed by atoms with E-state index in [1.54, 1.807) is 0 Å². The van der Waals surface area contributed by atoms with Crippen LogP contribution in [0.2, 0.25) is 0 Å². The van der Waals surface area contributed by atoms with Crippen LogP contribution in [0.1, 0.15) is 38.8 Å². The molecule has 0 fully saturated rings. The molecule has 0 spiro atoms. The molecule has 74 valence electrons. The fraction of sp³-hybridized carbons (Fsp3) is 0.778. The van der Waals surface area contributed by atoms with E-state index in [9.17, 15) is 0 Å². The third-order valence-electron chi connectivity index (χ3n) is 1.67. The summed E-state index contributed by atoms with van der Waals surface area (Å²) in [6, 6.07) is 0. The lowest BCUT2D eigenvalue weighted by Crippen LogP contribution is -2.34. The normalized spacial score (nSPS) is 12.0. The molecule has 13 heavy (non-hydrogen) atoms. The van der Waals surface area contributed by atoms with Crippen LogP contribution in [0.15, 0.2) is 0 Å². The molecule has 0 bridgehead atoms. The number of nitrogens with zero attached hydrogens (tertiary/aromatic N) is 2. The van der Waals surface area contributed by atoms with Gasteiger partial charge >= 0.3 is 0 Å². The number of nitrogens with two attached hydrogens (primary N) is 1. The Morgan fingerprint density at radius 3 is 2.69 bits per heavy atom. The SMILES string of the molecule is CCCc1n[nH]c(CC(C)(C)N)n1. The lowest BCUT2D eigenvalue weighted by molar-refractivity contribution is 0.503. The van der Waals surface area contributed by atoms with Crippen molar-refractivity contribution in [3.8, 4) is 0 Å². The number of aryl methyl sites for hydroxylation is 1. The Hall–Kier alpha value is -0.900. The van der Waals surface area contributed by atoms with Crippen LogP contribution in [0.3, 0.4) is 0 Å². The predicted molar refractivity (Wildman–Crippen MR) is 52.3 cm³/mol. The molecule has 0 amide bonds. The Bertz CT molecular complexity index is 259. The molecule has 4 nitrogen and oxygen atoms in total. The summed E-state index contributed by atoms with van der Waals surface area (Å²) >= 11 is 0. The molecule has 1 aromatic heterocycles. The molecule has 0 saturated heterocycles. The molecule has 0 saturated carbocycles. The summed E-state index contributed by atoms with van der Waals surface area (Å²) in [5, 5.41) is 7.00. The number of rotatable bonds is 4. The van der Waals surface area contributed by atoms with Gasteiger partial charge in [0.05, 0.1) is 0 Å². The fourth-order valence-corrected chi connectivity index (χ4v) is 1.18. The van der Waals surface area contributed by atoms with Gasteiger partial charge in [-0.3, -0.25) is 5.10 Å². The monoisotopic (exact) mass is 182 g/mol. The topological polar surface area (TPSA) is 67.6 Å². The standard InChI is InChI=1S/C9H18N4/c1-4-5-7-11-8(13-12-7)6-9(2,3)10/h4-6,10H2,1-3H3,(H,11,12,13). The summed E-state index contributed by atoms with van der Waals surface area (Å²) < 4.78 is 0. The van der Waals surface area contributed by atoms with E-state index in [4.69, 9.17) is 5.73 Å². The van der Waals surface area contributed by atoms with Crippen molar-refractivity contribution in [2.24, 2.45) is 5.73 Å². The van der Waals surface area contributed by atoms with E-state index in [1.165, 1.54) is 0 Å². The van der Waals surface area contributed by atoms with Gasteiger partial charge in [-0.25, -0.2) is 4.98 Å². The van der Waals surface area contributed by atoms with Gasteiger partial charge in [0.1, 0.15) is 5.82 Å². The van der Waals surface area contributed by atoms with Gasteiger partial charge in [-0.2, -0.15) is 5.10 Å². The van der Waals surface area contributed by atoms with Crippen LogP contribution in [0, 0.1) is 0 Å². The number of hydrogen-bond acceptors (Lipinski definition) is 3. The Morgan fingerprint density at radius 2 is 2.15 bits per heavy atom. The minimum Gasteiger partial charge on any atom is -0.325 e. The second kappa shape index (κ2) is 3.87. The average molecular weight is 182 g/mol. The molecule has 1 rings (SSSR count). The van der Waals surface area contributed by atoms with E-state index < -0.39 is 0 Å². The minimum absolute atomic E-state index is 0.219. The second-order valence-electron chi connectivity index (χ2n) is 4.11. The molecule has 4 heteroatoms. The van der Waals surface area contributed by atoms with Crippen molar-refractivity contribution in [3.63, 3.8) is 0 Å². The van der Waals surface area contributed by atoms with Crippen LogP contribution in [-0.2, 0) is 12.8 Å². The van der Waals surface area contributed by atoms with Crippen molar-refractivity contribution in [2.75, 3.05) is 0 Å². The van der Waals surface area contributed by atoms with E-state index >= 15 is 0 Å². The van der Waals surface area contributed by atoms with Gasteiger partial charge in [-0.15, -0.1) is 0 Å². The summed E-state index contributed by atoms with van der Waals surface area (Å²) in [5.74, 6) is 1.78. The highest BCUT2D eigenvalue weighted by atomic mass is 15.2. The quantitative estimate of drug-likeness (QED) is 0.731. The summed E-state index contributed by atoms with van der Waals surface area (Å²) in [7, 11) is 0. The van der Waals surface area contributed by atoms with Gasteiger partial charge < -0.3 is 5.73 Å². The van der Waals surface area contributed by atoms with E-state index in [0.29, 0.717) is 0 Å². The lowest BCUT2D eigenvalue weighted by atomic mass is 10.0. The number of hydrogen-bond donors (Lipinski definition) is 2. The molecular formula is C9H18N4. The lowest BCUT2D eigenvalue weighted by Gasteiger charge is -2.15. The highest BCUT2D eigenvalue weighted by Crippen LogP contribution is 2.05. The van der Waals surface area contributed by atoms with E-state index in [-0.39, 0.29) is 5.54 Å². The van der Waals surface area contributed by atoms with Crippen molar-refractivity contribution in [2.45, 2.75) is 45.6 Å². The van der Waals surface area contributed by atoms with Gasteiger partial charge in [0, 0.05) is 18.4 Å². The maximum absolute atomic E-state index is 5.86. The maximum atomic E-state index is 5.86. The van der Waals surface area contributed by atoms with Crippen molar-refractivity contribution < 1.29 is 0 Å². The summed E-state index contributed by atoms with van der Waals surface area (Å²) in [6.07, 6.45) is 2.74. The Kier molecular flexibility index (Phi) is 3.03. The molecule has 0 aliphatic carbocycles. The highest BCUT2D eigenvalue weighted by Gasteiger charge is 2.14. The van der Waals surface area contributed by atoms with Crippen molar-refractivity contribution in [3.05, 3.63) is 11.6 Å². The van der Waals surface area contributed by atoms with Crippen molar-refractivity contribution in [1.29, 1.82) is 0 Å². The Morgan fingerprint density at radius 1 is 1.46 bits per heavy atom. The number of H-pyrrole nitrogens is 1. The zero-order chi connectivity index (χ0) is 9.90. The first kappa shape index (κ1) is 10.2. The number of aromatic nitrogens is 3. The van der Waals surface area contributed by atoms with Crippen LogP contribution in [0.4, 0.5) is 0 Å². The van der Waals surface area contributed by atoms with E-state index in [1.807, 2.05) is 13.8 Å². The Balaban J connectivity index is 2.59. The van der Waals surface area contributed by atoms with Crippen LogP contribution in [0.5, 0.6) is 0 Å². The first-order chi connectivity index (χ1) is 6.01. The van der Waals surface area contributed by atoms with Gasteiger partial charge in [-0.05, 0) is 20.3 Å². The van der Waals surface area contributed by atoms with Crippen LogP contribution >= 0.6 is 0 Å². The molecule has 3 N–H and O–H groups in total. The third kappa shape index (κ3) is 3.55. The smallest absolute Gasteiger partial charge is 0.150 e. The fourth-order valence-electron chi connectivity index (χ4n) is 1.18. The van der Waals surface area contributed by atoms with Crippen LogP contribution < -0.4 is 5.73 Å². The van der Waals surface area contributed by atoms with E-state index in [2.05, 4.69) is 22.1 Å². The van der Waals surface area contributed by atoms with Gasteiger partial charge in [0.2, 0.25) is 0 Å². The van der Waals surface area contributed by atoms with Crippen LogP contribution in [0.25, 0.3) is 0 Å². The first-order valence-electron chi connectivity index (χ1n) is 4.70. The summed E-state index contributed by atoms with van der Waals surface area (Å²) in [6.45, 7) is 6.08. The molecule has 0 radical (unpaired) electrons. The van der Waals surface area contributed by atoms with Crippen LogP contribution in [-0.4, -0.2) is 20.7 Å². The van der Waals surface area contributed by atoms with Crippen molar-refractivity contribution in [1.82, 2.24) is 15.2 Å². The number of aromatic amines is 1. The molecule has 1 aromatic rings. The second-order valence-corrected chi connectivity index (χ2v) is 4.11. The zero-order valence-corrected chi connectivity index (χ0v) is 8.59. The van der Waals surface area contributed by atoms with E-state index in [0.717, 1.165) is 30.9 Å². The zero-order valence-electron chi connectivity index (χ0n) is 8.59. The third-order valence-corrected chi connectivity index (χ3v) is 1.67. The molecular weight excluding hydrogens is 164 g/mol. The number of nitrogens with one attached hydrogen (secondary N) is 1. The Labute approximate surface area is 78.9 Å². The highest BCUT2D eigenvalue weighted by molar-refractivity contribution is 4.95. The maximum Gasteiger partial charge on any atom is 0.150 e. The minimum atomic E-state index is -0.219.